The Morgan fingerprint density at radius 3 is 3.00 bits per heavy atom. The first-order valence-corrected chi connectivity index (χ1v) is 5.15. The topological polar surface area (TPSA) is 69.0 Å². The predicted molar refractivity (Wildman–Crippen MR) is 59.1 cm³/mol. The zero-order chi connectivity index (χ0) is 11.8. The van der Waals surface area contributed by atoms with Crippen molar-refractivity contribution in [2.45, 2.75) is 6.54 Å². The second kappa shape index (κ2) is 3.58. The number of hydrogen-bond donors (Lipinski definition) is 1. The van der Waals surface area contributed by atoms with Crippen molar-refractivity contribution in [3.8, 4) is 11.6 Å². The number of fused-ring (bicyclic) bond motifs is 1. The summed E-state index contributed by atoms with van der Waals surface area (Å²) in [7, 11) is 1.59. The fourth-order valence-corrected chi connectivity index (χ4v) is 1.74. The molecule has 0 saturated carbocycles. The van der Waals surface area contributed by atoms with Gasteiger partial charge in [0.05, 0.1) is 31.1 Å². The molecular formula is C11H10N4O2. The minimum atomic E-state index is -0.0836. The molecular weight excluding hydrogens is 220 g/mol. The maximum Gasteiger partial charge on any atom is 0.255 e. The first-order chi connectivity index (χ1) is 8.28. The fraction of sp³-hybridized carbons (Fsp3) is 0.182. The second-order valence-corrected chi connectivity index (χ2v) is 3.67. The van der Waals surface area contributed by atoms with E-state index in [1.54, 1.807) is 36.3 Å². The summed E-state index contributed by atoms with van der Waals surface area (Å²) in [6.45, 7) is 0.483. The van der Waals surface area contributed by atoms with Crippen molar-refractivity contribution in [3.63, 3.8) is 0 Å². The van der Waals surface area contributed by atoms with Crippen LogP contribution in [-0.2, 0) is 6.54 Å². The summed E-state index contributed by atoms with van der Waals surface area (Å²) in [5.41, 5.74) is 1.37. The Morgan fingerprint density at radius 1 is 1.47 bits per heavy atom. The number of pyridine rings is 1. The third-order valence-electron chi connectivity index (χ3n) is 2.64. The highest BCUT2D eigenvalue weighted by Crippen LogP contribution is 2.16. The molecule has 86 valence electrons. The largest absolute Gasteiger partial charge is 0.495 e. The highest BCUT2D eigenvalue weighted by Gasteiger charge is 2.23. The minimum absolute atomic E-state index is 0.0836. The Balaban J connectivity index is 1.98. The number of methoxy groups -OCH3 is 1. The van der Waals surface area contributed by atoms with Gasteiger partial charge >= 0.3 is 0 Å². The molecule has 0 fully saturated rings. The highest BCUT2D eigenvalue weighted by molar-refractivity contribution is 5.97. The van der Waals surface area contributed by atoms with Crippen LogP contribution in [0.2, 0.25) is 0 Å². The number of aromatic nitrogens is 3. The van der Waals surface area contributed by atoms with E-state index in [1.807, 2.05) is 0 Å². The van der Waals surface area contributed by atoms with E-state index in [2.05, 4.69) is 15.4 Å². The molecule has 0 atom stereocenters. The van der Waals surface area contributed by atoms with Gasteiger partial charge in [-0.05, 0) is 12.1 Å². The van der Waals surface area contributed by atoms with E-state index in [0.29, 0.717) is 23.7 Å². The molecule has 1 N–H and O–H groups in total. The number of nitrogens with zero attached hydrogens (tertiary/aromatic N) is 3. The molecule has 0 spiro atoms. The molecule has 0 aromatic carbocycles. The van der Waals surface area contributed by atoms with E-state index < -0.39 is 0 Å². The third-order valence-corrected chi connectivity index (χ3v) is 2.64. The van der Waals surface area contributed by atoms with Crippen LogP contribution in [0.5, 0.6) is 5.75 Å². The molecule has 3 heterocycles. The molecule has 6 heteroatoms. The standard InChI is InChI=1S/C11H10N4O2/c1-17-7-2-3-10(12-4-7)15-6-8-9(14-15)5-13-11(8)16/h2-4,6H,5H2,1H3,(H,13,16). The number of nitrogens with one attached hydrogen (secondary N) is 1. The second-order valence-electron chi connectivity index (χ2n) is 3.67. The number of rotatable bonds is 2. The van der Waals surface area contributed by atoms with Crippen LogP contribution >= 0.6 is 0 Å². The Kier molecular flexibility index (Phi) is 2.07. The monoisotopic (exact) mass is 230 g/mol. The normalized spacial score (nSPS) is 13.4. The van der Waals surface area contributed by atoms with Gasteiger partial charge in [-0.1, -0.05) is 0 Å². The molecule has 2 aromatic heterocycles. The number of hydrogen-bond acceptors (Lipinski definition) is 4. The lowest BCUT2D eigenvalue weighted by molar-refractivity contribution is 0.0965. The van der Waals surface area contributed by atoms with E-state index >= 15 is 0 Å². The predicted octanol–water partition coefficient (Wildman–Crippen LogP) is 0.519. The zero-order valence-electron chi connectivity index (χ0n) is 9.17. The van der Waals surface area contributed by atoms with Crippen molar-refractivity contribution >= 4 is 5.91 Å². The van der Waals surface area contributed by atoms with Crippen molar-refractivity contribution in [2.75, 3.05) is 7.11 Å². The van der Waals surface area contributed by atoms with Crippen LogP contribution in [0.1, 0.15) is 16.1 Å². The summed E-state index contributed by atoms with van der Waals surface area (Å²) >= 11 is 0. The average Bonchev–Trinajstić information content (AvgIpc) is 2.92. The first-order valence-electron chi connectivity index (χ1n) is 5.15. The maximum absolute atomic E-state index is 11.4. The van der Waals surface area contributed by atoms with Gasteiger partial charge in [-0.15, -0.1) is 0 Å². The Morgan fingerprint density at radius 2 is 2.35 bits per heavy atom. The smallest absolute Gasteiger partial charge is 0.255 e. The summed E-state index contributed by atoms with van der Waals surface area (Å²) in [4.78, 5) is 15.6. The van der Waals surface area contributed by atoms with Crippen molar-refractivity contribution in [1.82, 2.24) is 20.1 Å². The van der Waals surface area contributed by atoms with Crippen molar-refractivity contribution in [3.05, 3.63) is 35.8 Å². The van der Waals surface area contributed by atoms with Gasteiger partial charge in [0, 0.05) is 6.20 Å². The molecule has 0 unspecified atom stereocenters. The average molecular weight is 230 g/mol. The number of carbonyl (C=O) groups is 1. The van der Waals surface area contributed by atoms with Crippen molar-refractivity contribution in [1.29, 1.82) is 0 Å². The van der Waals surface area contributed by atoms with Crippen LogP contribution in [0, 0.1) is 0 Å². The molecule has 2 aromatic rings. The Hall–Kier alpha value is -2.37. The molecule has 17 heavy (non-hydrogen) atoms. The van der Waals surface area contributed by atoms with Crippen LogP contribution in [0.4, 0.5) is 0 Å². The van der Waals surface area contributed by atoms with E-state index in [-0.39, 0.29) is 5.91 Å². The van der Waals surface area contributed by atoms with Crippen molar-refractivity contribution in [2.24, 2.45) is 0 Å². The first kappa shape index (κ1) is 9.83. The fourth-order valence-electron chi connectivity index (χ4n) is 1.74. The highest BCUT2D eigenvalue weighted by atomic mass is 16.5. The SMILES string of the molecule is COc1ccc(-n2cc3c(n2)CNC3=O)nc1. The van der Waals surface area contributed by atoms with E-state index in [9.17, 15) is 4.79 Å². The van der Waals surface area contributed by atoms with Gasteiger partial charge in [0.15, 0.2) is 5.82 Å². The summed E-state index contributed by atoms with van der Waals surface area (Å²) in [6, 6.07) is 3.59. The molecule has 1 aliphatic heterocycles. The molecule has 3 rings (SSSR count). The third kappa shape index (κ3) is 1.54. The Labute approximate surface area is 97.2 Å². The summed E-state index contributed by atoms with van der Waals surface area (Å²) in [5, 5.41) is 7.00. The van der Waals surface area contributed by atoms with Crippen LogP contribution in [0.25, 0.3) is 5.82 Å². The van der Waals surface area contributed by atoms with Gasteiger partial charge in [-0.25, -0.2) is 9.67 Å². The van der Waals surface area contributed by atoms with E-state index in [1.165, 1.54) is 0 Å². The summed E-state index contributed by atoms with van der Waals surface area (Å²) < 4.78 is 6.63. The molecule has 0 bridgehead atoms. The van der Waals surface area contributed by atoms with Crippen molar-refractivity contribution < 1.29 is 9.53 Å². The van der Waals surface area contributed by atoms with Gasteiger partial charge in [-0.3, -0.25) is 4.79 Å². The van der Waals surface area contributed by atoms with Crippen LogP contribution in [0.15, 0.2) is 24.5 Å². The quantitative estimate of drug-likeness (QED) is 0.816. The zero-order valence-corrected chi connectivity index (χ0v) is 9.17. The molecule has 0 saturated heterocycles. The van der Waals surface area contributed by atoms with Gasteiger partial charge < -0.3 is 10.1 Å². The number of ether oxygens (including phenoxy) is 1. The molecule has 1 aliphatic rings. The summed E-state index contributed by atoms with van der Waals surface area (Å²) in [5.74, 6) is 1.26. The van der Waals surface area contributed by atoms with E-state index in [0.717, 1.165) is 5.69 Å². The van der Waals surface area contributed by atoms with Crippen LogP contribution in [-0.4, -0.2) is 27.8 Å². The Bertz CT molecular complexity index is 574. The molecule has 0 radical (unpaired) electrons. The minimum Gasteiger partial charge on any atom is -0.495 e. The van der Waals surface area contributed by atoms with Gasteiger partial charge in [0.2, 0.25) is 0 Å². The van der Waals surface area contributed by atoms with Crippen LogP contribution in [0.3, 0.4) is 0 Å². The van der Waals surface area contributed by atoms with E-state index in [4.69, 9.17) is 4.74 Å². The lowest BCUT2D eigenvalue weighted by Crippen LogP contribution is -2.14. The lowest BCUT2D eigenvalue weighted by atomic mass is 10.3. The van der Waals surface area contributed by atoms with Gasteiger partial charge in [0.25, 0.3) is 5.91 Å². The number of carbonyl (C=O) groups excluding carboxylic acids is 1. The number of amides is 1. The summed E-state index contributed by atoms with van der Waals surface area (Å²) in [6.07, 6.45) is 3.30. The maximum atomic E-state index is 11.4. The molecule has 1 amide bonds. The molecule has 6 nitrogen and oxygen atoms in total. The van der Waals surface area contributed by atoms with Crippen LogP contribution < -0.4 is 10.1 Å². The van der Waals surface area contributed by atoms with Gasteiger partial charge in [0.1, 0.15) is 5.75 Å². The lowest BCUT2D eigenvalue weighted by Gasteiger charge is -2.02. The van der Waals surface area contributed by atoms with Gasteiger partial charge in [-0.2, -0.15) is 5.10 Å². The molecule has 0 aliphatic carbocycles.